The van der Waals surface area contributed by atoms with Crippen LogP contribution in [0, 0.1) is 22.0 Å². The molecular formula is C20H16Cl3N3O4. The third-order valence-electron chi connectivity index (χ3n) is 4.44. The van der Waals surface area contributed by atoms with Gasteiger partial charge in [0.2, 0.25) is 0 Å². The van der Waals surface area contributed by atoms with E-state index in [0.717, 1.165) is 6.07 Å². The van der Waals surface area contributed by atoms with Crippen molar-refractivity contribution in [3.05, 3.63) is 61.1 Å². The van der Waals surface area contributed by atoms with E-state index in [2.05, 4.69) is 10.3 Å². The average Bonchev–Trinajstić information content (AvgIpc) is 2.64. The van der Waals surface area contributed by atoms with Gasteiger partial charge in [-0.25, -0.2) is 4.99 Å². The second-order valence-corrected chi connectivity index (χ2v) is 8.41. The third-order valence-corrected chi connectivity index (χ3v) is 5.30. The summed E-state index contributed by atoms with van der Waals surface area (Å²) in [5.74, 6) is -2.51. The molecule has 30 heavy (non-hydrogen) atoms. The van der Waals surface area contributed by atoms with Crippen LogP contribution in [0.1, 0.15) is 30.6 Å². The van der Waals surface area contributed by atoms with Crippen LogP contribution in [0.25, 0.3) is 0 Å². The van der Waals surface area contributed by atoms with Crippen molar-refractivity contribution in [2.45, 2.75) is 20.3 Å². The van der Waals surface area contributed by atoms with Crippen molar-refractivity contribution in [1.82, 2.24) is 0 Å². The largest absolute Gasteiger partial charge is 0.342 e. The van der Waals surface area contributed by atoms with Crippen LogP contribution < -0.4 is 5.32 Å². The van der Waals surface area contributed by atoms with E-state index in [0.29, 0.717) is 10.7 Å². The summed E-state index contributed by atoms with van der Waals surface area (Å²) in [6, 6.07) is 7.07. The predicted molar refractivity (Wildman–Crippen MR) is 118 cm³/mol. The maximum absolute atomic E-state index is 13.3. The van der Waals surface area contributed by atoms with Gasteiger partial charge in [-0.1, -0.05) is 48.7 Å². The number of nitrogens with one attached hydrogen (secondary N) is 1. The van der Waals surface area contributed by atoms with Crippen molar-refractivity contribution >= 4 is 69.3 Å². The highest BCUT2D eigenvalue weighted by atomic mass is 35.5. The molecule has 3 rings (SSSR count). The van der Waals surface area contributed by atoms with Gasteiger partial charge in [0.25, 0.3) is 5.69 Å². The van der Waals surface area contributed by atoms with Gasteiger partial charge in [0.05, 0.1) is 20.7 Å². The maximum atomic E-state index is 13.3. The molecule has 1 aliphatic rings. The zero-order valence-electron chi connectivity index (χ0n) is 15.9. The fourth-order valence-corrected chi connectivity index (χ4v) is 3.82. The molecule has 2 aromatic rings. The Morgan fingerprint density at radius 1 is 1.20 bits per heavy atom. The summed E-state index contributed by atoms with van der Waals surface area (Å²) in [5, 5.41) is 15.1. The number of aliphatic imine (C=N–C) groups is 1. The van der Waals surface area contributed by atoms with Gasteiger partial charge in [-0.05, 0) is 30.2 Å². The number of rotatable bonds is 5. The van der Waals surface area contributed by atoms with Crippen molar-refractivity contribution in [1.29, 1.82) is 0 Å². The molecule has 0 radical (unpaired) electrons. The number of carbonyl (C=O) groups is 2. The number of nitro groups is 1. The van der Waals surface area contributed by atoms with E-state index >= 15 is 0 Å². The van der Waals surface area contributed by atoms with Gasteiger partial charge in [-0.15, -0.1) is 0 Å². The van der Waals surface area contributed by atoms with Gasteiger partial charge >= 0.3 is 0 Å². The minimum absolute atomic E-state index is 0.00442. The lowest BCUT2D eigenvalue weighted by molar-refractivity contribution is -0.385. The van der Waals surface area contributed by atoms with Crippen LogP contribution in [0.15, 0.2) is 35.3 Å². The normalized spacial score (nSPS) is 15.6. The Labute approximate surface area is 187 Å². The Kier molecular flexibility index (Phi) is 6.45. The molecule has 0 spiro atoms. The topological polar surface area (TPSA) is 102 Å². The molecule has 0 fully saturated rings. The molecule has 10 heteroatoms. The molecule has 0 saturated carbocycles. The molecule has 1 atom stereocenters. The van der Waals surface area contributed by atoms with Crippen molar-refractivity contribution in [2.24, 2.45) is 16.8 Å². The maximum Gasteiger partial charge on any atom is 0.282 e. The van der Waals surface area contributed by atoms with Crippen molar-refractivity contribution < 1.29 is 14.5 Å². The predicted octanol–water partition coefficient (Wildman–Crippen LogP) is 6.12. The molecule has 0 bridgehead atoms. The second-order valence-electron chi connectivity index (χ2n) is 7.15. The lowest BCUT2D eigenvalue weighted by atomic mass is 9.85. The van der Waals surface area contributed by atoms with Crippen LogP contribution in [-0.4, -0.2) is 22.3 Å². The molecule has 2 aromatic carbocycles. The van der Waals surface area contributed by atoms with Crippen molar-refractivity contribution in [2.75, 3.05) is 5.32 Å². The van der Waals surface area contributed by atoms with E-state index < -0.39 is 28.1 Å². The average molecular weight is 469 g/mol. The number of amidine groups is 1. The summed E-state index contributed by atoms with van der Waals surface area (Å²) in [5.41, 5.74) is -0.409. The van der Waals surface area contributed by atoms with Crippen LogP contribution >= 0.6 is 34.8 Å². The first-order valence-electron chi connectivity index (χ1n) is 8.94. The number of hydrogen-bond acceptors (Lipinski definition) is 6. The first-order valence-corrected chi connectivity index (χ1v) is 10.1. The molecule has 7 nitrogen and oxygen atoms in total. The minimum Gasteiger partial charge on any atom is -0.342 e. The number of nitrogens with zero attached hydrogens (tertiary/aromatic N) is 2. The van der Waals surface area contributed by atoms with Gasteiger partial charge in [-0.3, -0.25) is 19.7 Å². The standard InChI is InChI=1S/C20H16Cl3N3O4/c1-9(2)7-15(27)17-19(28)16-14(26(29)30)6-4-11(22)18(16)25-20(17)24-13-5-3-10(21)8-12(13)23/h3-6,8-9,17H,7H2,1-2H3,(H,24,25). The highest BCUT2D eigenvalue weighted by Gasteiger charge is 2.42. The fraction of sp³-hybridized carbons (Fsp3) is 0.250. The molecule has 1 heterocycles. The SMILES string of the molecule is CC(C)CC(=O)C1C(=O)c2c([N+](=O)[O-])ccc(Cl)c2N=C1Nc1ccc(Cl)cc1Cl. The zero-order chi connectivity index (χ0) is 22.2. The smallest absolute Gasteiger partial charge is 0.282 e. The molecule has 0 amide bonds. The highest BCUT2D eigenvalue weighted by molar-refractivity contribution is 6.39. The van der Waals surface area contributed by atoms with Crippen LogP contribution in [0.2, 0.25) is 15.1 Å². The summed E-state index contributed by atoms with van der Waals surface area (Å²) in [4.78, 5) is 41.3. The van der Waals surface area contributed by atoms with Gasteiger partial charge in [0, 0.05) is 17.5 Å². The van der Waals surface area contributed by atoms with E-state index in [-0.39, 0.29) is 39.5 Å². The van der Waals surface area contributed by atoms with E-state index in [1.807, 2.05) is 13.8 Å². The molecule has 1 aliphatic heterocycles. The summed E-state index contributed by atoms with van der Waals surface area (Å²) < 4.78 is 0. The Balaban J connectivity index is 2.19. The quantitative estimate of drug-likeness (QED) is 0.323. The molecule has 0 aromatic heterocycles. The molecule has 0 aliphatic carbocycles. The van der Waals surface area contributed by atoms with E-state index in [1.54, 1.807) is 12.1 Å². The summed E-state index contributed by atoms with van der Waals surface area (Å²) in [6.45, 7) is 3.66. The van der Waals surface area contributed by atoms with Crippen molar-refractivity contribution in [3.8, 4) is 0 Å². The van der Waals surface area contributed by atoms with Crippen LogP contribution in [0.3, 0.4) is 0 Å². The molecule has 1 N–H and O–H groups in total. The summed E-state index contributed by atoms with van der Waals surface area (Å²) >= 11 is 18.3. The molecule has 156 valence electrons. The number of halogens is 3. The number of ketones is 2. The minimum atomic E-state index is -1.34. The first kappa shape index (κ1) is 22.2. The fourth-order valence-electron chi connectivity index (χ4n) is 3.16. The highest BCUT2D eigenvalue weighted by Crippen LogP contribution is 2.41. The molecule has 0 saturated heterocycles. The van der Waals surface area contributed by atoms with Crippen molar-refractivity contribution in [3.63, 3.8) is 0 Å². The monoisotopic (exact) mass is 467 g/mol. The summed E-state index contributed by atoms with van der Waals surface area (Å²) in [6.07, 6.45) is 0.0924. The van der Waals surface area contributed by atoms with E-state index in [4.69, 9.17) is 34.8 Å². The number of benzene rings is 2. The van der Waals surface area contributed by atoms with Crippen LogP contribution in [0.5, 0.6) is 0 Å². The van der Waals surface area contributed by atoms with Crippen LogP contribution in [-0.2, 0) is 4.79 Å². The third kappa shape index (κ3) is 4.33. The molecular weight excluding hydrogens is 453 g/mol. The number of hydrogen-bond donors (Lipinski definition) is 1. The first-order chi connectivity index (χ1) is 14.1. The van der Waals surface area contributed by atoms with Gasteiger partial charge < -0.3 is 5.32 Å². The Bertz CT molecular complexity index is 1100. The zero-order valence-corrected chi connectivity index (χ0v) is 18.2. The number of fused-ring (bicyclic) bond motifs is 1. The number of carbonyl (C=O) groups excluding carboxylic acids is 2. The van der Waals surface area contributed by atoms with Gasteiger partial charge in [0.15, 0.2) is 11.6 Å². The number of anilines is 1. The summed E-state index contributed by atoms with van der Waals surface area (Å²) in [7, 11) is 0. The Morgan fingerprint density at radius 2 is 1.90 bits per heavy atom. The Hall–Kier alpha value is -2.48. The van der Waals surface area contributed by atoms with Gasteiger partial charge in [0.1, 0.15) is 23.0 Å². The van der Waals surface area contributed by atoms with E-state index in [9.17, 15) is 19.7 Å². The number of nitro benzene ring substituents is 1. The number of Topliss-reactive ketones (excluding diaryl/α,β-unsaturated/α-hetero) is 2. The van der Waals surface area contributed by atoms with E-state index in [1.165, 1.54) is 12.1 Å². The Morgan fingerprint density at radius 3 is 2.50 bits per heavy atom. The van der Waals surface area contributed by atoms with Crippen LogP contribution in [0.4, 0.5) is 17.1 Å². The lowest BCUT2D eigenvalue weighted by Gasteiger charge is -2.25. The lowest BCUT2D eigenvalue weighted by Crippen LogP contribution is -2.39. The molecule has 1 unspecified atom stereocenters. The second kappa shape index (κ2) is 8.71. The van der Waals surface area contributed by atoms with Gasteiger partial charge in [-0.2, -0.15) is 0 Å².